The molecule has 2 heterocycles. The molecule has 6 nitrogen and oxygen atoms in total. The van der Waals surface area contributed by atoms with E-state index in [1.165, 1.54) is 10.9 Å². The van der Waals surface area contributed by atoms with Gasteiger partial charge in [-0.2, -0.15) is 0 Å². The van der Waals surface area contributed by atoms with Gasteiger partial charge in [0.1, 0.15) is 12.2 Å². The summed E-state index contributed by atoms with van der Waals surface area (Å²) < 4.78 is 6.46. The van der Waals surface area contributed by atoms with E-state index in [2.05, 4.69) is 10.3 Å². The first-order valence-electron chi connectivity index (χ1n) is 3.62. The van der Waals surface area contributed by atoms with Crippen molar-refractivity contribution in [3.05, 3.63) is 12.4 Å². The summed E-state index contributed by atoms with van der Waals surface area (Å²) >= 11 is 0. The molecule has 1 aromatic rings. The molecule has 0 amide bonds. The molecule has 0 aliphatic carbocycles. The van der Waals surface area contributed by atoms with Gasteiger partial charge in [0.25, 0.3) is 0 Å². The fourth-order valence-corrected chi connectivity index (χ4v) is 1.17. The van der Waals surface area contributed by atoms with Gasteiger partial charge in [0.05, 0.1) is 12.8 Å². The summed E-state index contributed by atoms with van der Waals surface area (Å²) in [5.74, 6) is 0. The maximum atomic E-state index is 9.37. The van der Waals surface area contributed by atoms with Crippen molar-refractivity contribution in [3.63, 3.8) is 0 Å². The van der Waals surface area contributed by atoms with Crippen molar-refractivity contribution in [2.45, 2.75) is 18.4 Å². The molecule has 1 saturated heterocycles. The molecule has 0 bridgehead atoms. The van der Waals surface area contributed by atoms with E-state index in [1.54, 1.807) is 6.20 Å². The Hall–Kier alpha value is -0.980. The number of aromatic nitrogens is 3. The molecule has 0 aromatic carbocycles. The van der Waals surface area contributed by atoms with E-state index in [9.17, 15) is 5.11 Å². The third kappa shape index (κ3) is 1.09. The highest BCUT2D eigenvalue weighted by molar-refractivity contribution is 4.81. The Morgan fingerprint density at radius 2 is 2.33 bits per heavy atom. The molecular formula is C6H9N3O3. The molecule has 0 spiro atoms. The molecule has 66 valence electrons. The molecule has 2 rings (SSSR count). The molecule has 6 heteroatoms. The zero-order chi connectivity index (χ0) is 8.55. The normalized spacial score (nSPS) is 35.7. The predicted molar refractivity (Wildman–Crippen MR) is 37.0 cm³/mol. The van der Waals surface area contributed by atoms with Crippen molar-refractivity contribution < 1.29 is 14.9 Å². The minimum Gasteiger partial charge on any atom is -0.388 e. The Morgan fingerprint density at radius 1 is 1.50 bits per heavy atom. The maximum absolute atomic E-state index is 9.37. The van der Waals surface area contributed by atoms with E-state index >= 15 is 0 Å². The van der Waals surface area contributed by atoms with Gasteiger partial charge in [-0.25, -0.2) is 4.68 Å². The molecule has 12 heavy (non-hydrogen) atoms. The number of aliphatic hydroxyl groups excluding tert-OH is 2. The average Bonchev–Trinajstić information content (AvgIpc) is 2.64. The highest BCUT2D eigenvalue weighted by atomic mass is 16.5. The summed E-state index contributed by atoms with van der Waals surface area (Å²) in [6.45, 7) is 0.131. The largest absolute Gasteiger partial charge is 0.388 e. The first-order valence-corrected chi connectivity index (χ1v) is 3.62. The zero-order valence-corrected chi connectivity index (χ0v) is 6.24. The van der Waals surface area contributed by atoms with Crippen LogP contribution in [0.5, 0.6) is 0 Å². The van der Waals surface area contributed by atoms with Gasteiger partial charge in [0.15, 0.2) is 6.23 Å². The fourth-order valence-electron chi connectivity index (χ4n) is 1.17. The van der Waals surface area contributed by atoms with E-state index < -0.39 is 18.4 Å². The lowest BCUT2D eigenvalue weighted by atomic mass is 10.2. The number of nitrogens with zero attached hydrogens (tertiary/aromatic N) is 3. The molecule has 0 radical (unpaired) electrons. The Kier molecular flexibility index (Phi) is 1.80. The second-order valence-electron chi connectivity index (χ2n) is 2.66. The van der Waals surface area contributed by atoms with Crippen LogP contribution in [-0.4, -0.2) is 44.0 Å². The minimum atomic E-state index is -0.924. The molecule has 1 aliphatic heterocycles. The van der Waals surface area contributed by atoms with E-state index in [0.717, 1.165) is 0 Å². The molecule has 1 aromatic heterocycles. The van der Waals surface area contributed by atoms with Gasteiger partial charge in [-0.05, 0) is 0 Å². The smallest absolute Gasteiger partial charge is 0.180 e. The van der Waals surface area contributed by atoms with Crippen molar-refractivity contribution in [1.29, 1.82) is 0 Å². The third-order valence-corrected chi connectivity index (χ3v) is 1.83. The predicted octanol–water partition coefficient (Wildman–Crippen LogP) is -1.47. The van der Waals surface area contributed by atoms with Crippen molar-refractivity contribution in [3.8, 4) is 0 Å². The first kappa shape index (κ1) is 7.66. The van der Waals surface area contributed by atoms with Crippen molar-refractivity contribution in [2.24, 2.45) is 0 Å². The molecule has 3 unspecified atom stereocenters. The summed E-state index contributed by atoms with van der Waals surface area (Å²) in [6.07, 6.45) is 0.695. The number of hydrogen-bond donors (Lipinski definition) is 2. The van der Waals surface area contributed by atoms with E-state index in [0.29, 0.717) is 0 Å². The van der Waals surface area contributed by atoms with Crippen molar-refractivity contribution in [2.75, 3.05) is 6.61 Å². The van der Waals surface area contributed by atoms with E-state index in [4.69, 9.17) is 9.84 Å². The summed E-state index contributed by atoms with van der Waals surface area (Å²) in [6, 6.07) is 0. The van der Waals surface area contributed by atoms with Crippen LogP contribution in [-0.2, 0) is 4.74 Å². The van der Waals surface area contributed by atoms with Crippen LogP contribution in [0.2, 0.25) is 0 Å². The lowest BCUT2D eigenvalue weighted by Gasteiger charge is -2.13. The van der Waals surface area contributed by atoms with Gasteiger partial charge in [0, 0.05) is 6.20 Å². The number of hydrogen-bond acceptors (Lipinski definition) is 5. The summed E-state index contributed by atoms with van der Waals surface area (Å²) in [4.78, 5) is 0. The lowest BCUT2D eigenvalue weighted by molar-refractivity contribution is -0.0266. The number of aliphatic hydroxyl groups is 2. The van der Waals surface area contributed by atoms with Crippen LogP contribution in [0.3, 0.4) is 0 Å². The Balaban J connectivity index is 2.16. The summed E-state index contributed by atoms with van der Waals surface area (Å²) in [5, 5.41) is 25.7. The van der Waals surface area contributed by atoms with Gasteiger partial charge in [-0.1, -0.05) is 5.21 Å². The maximum Gasteiger partial charge on any atom is 0.180 e. The molecule has 2 N–H and O–H groups in total. The Bertz CT molecular complexity index is 251. The molecular weight excluding hydrogens is 162 g/mol. The average molecular weight is 171 g/mol. The quantitative estimate of drug-likeness (QED) is 0.539. The monoisotopic (exact) mass is 171 g/mol. The van der Waals surface area contributed by atoms with Gasteiger partial charge < -0.3 is 14.9 Å². The van der Waals surface area contributed by atoms with Crippen LogP contribution in [0.4, 0.5) is 0 Å². The molecule has 1 aliphatic rings. The fraction of sp³-hybridized carbons (Fsp3) is 0.667. The van der Waals surface area contributed by atoms with Crippen LogP contribution >= 0.6 is 0 Å². The van der Waals surface area contributed by atoms with Crippen LogP contribution in [0.1, 0.15) is 6.23 Å². The second-order valence-corrected chi connectivity index (χ2v) is 2.66. The second kappa shape index (κ2) is 2.81. The minimum absolute atomic E-state index is 0.131. The number of rotatable bonds is 1. The highest BCUT2D eigenvalue weighted by Crippen LogP contribution is 2.22. The first-order chi connectivity index (χ1) is 5.79. The lowest BCUT2D eigenvalue weighted by Crippen LogP contribution is -2.28. The molecule has 3 atom stereocenters. The van der Waals surface area contributed by atoms with Crippen molar-refractivity contribution >= 4 is 0 Å². The topological polar surface area (TPSA) is 80.4 Å². The molecule has 0 saturated carbocycles. The highest BCUT2D eigenvalue weighted by Gasteiger charge is 2.36. The molecule has 1 fully saturated rings. The Morgan fingerprint density at radius 3 is 2.83 bits per heavy atom. The van der Waals surface area contributed by atoms with Crippen LogP contribution < -0.4 is 0 Å². The summed E-state index contributed by atoms with van der Waals surface area (Å²) in [7, 11) is 0. The third-order valence-electron chi connectivity index (χ3n) is 1.83. The number of ether oxygens (including phenoxy) is 1. The standard InChI is InChI=1S/C6H9N3O3/c10-4-3-12-6(5(4)11)9-2-1-7-8-9/h1-2,4-6,10-11H,3H2. The summed E-state index contributed by atoms with van der Waals surface area (Å²) in [5.41, 5.74) is 0. The van der Waals surface area contributed by atoms with Gasteiger partial charge >= 0.3 is 0 Å². The Labute approximate surface area is 68.4 Å². The van der Waals surface area contributed by atoms with Gasteiger partial charge in [0.2, 0.25) is 0 Å². The van der Waals surface area contributed by atoms with Gasteiger partial charge in [-0.3, -0.25) is 0 Å². The van der Waals surface area contributed by atoms with Crippen LogP contribution in [0.25, 0.3) is 0 Å². The van der Waals surface area contributed by atoms with E-state index in [1.807, 2.05) is 0 Å². The zero-order valence-electron chi connectivity index (χ0n) is 6.24. The van der Waals surface area contributed by atoms with Crippen LogP contribution in [0, 0.1) is 0 Å². The van der Waals surface area contributed by atoms with Gasteiger partial charge in [-0.15, -0.1) is 5.10 Å². The van der Waals surface area contributed by atoms with Crippen molar-refractivity contribution in [1.82, 2.24) is 15.0 Å². The SMILES string of the molecule is OC1COC(n2ccnn2)C1O. The van der Waals surface area contributed by atoms with Crippen LogP contribution in [0.15, 0.2) is 12.4 Å². The van der Waals surface area contributed by atoms with E-state index in [-0.39, 0.29) is 6.61 Å².